The van der Waals surface area contributed by atoms with Crippen LogP contribution in [0.5, 0.6) is 0 Å². The molecule has 1 atom stereocenters. The van der Waals surface area contributed by atoms with Gasteiger partial charge in [-0.25, -0.2) is 4.79 Å². The SMILES string of the molecule is O=C(O)C(OCc1ccccc1)C1CC1. The average Bonchev–Trinajstić information content (AvgIpc) is 3.03. The van der Waals surface area contributed by atoms with Gasteiger partial charge in [0.2, 0.25) is 0 Å². The molecule has 1 aromatic rings. The Kier molecular flexibility index (Phi) is 3.02. The molecule has 0 amide bonds. The molecule has 15 heavy (non-hydrogen) atoms. The number of hydrogen-bond acceptors (Lipinski definition) is 2. The molecule has 0 heterocycles. The molecule has 0 saturated heterocycles. The summed E-state index contributed by atoms with van der Waals surface area (Å²) in [6, 6.07) is 9.65. The Morgan fingerprint density at radius 1 is 1.40 bits per heavy atom. The first-order valence-electron chi connectivity index (χ1n) is 5.15. The quantitative estimate of drug-likeness (QED) is 0.802. The highest BCUT2D eigenvalue weighted by Gasteiger charge is 2.36. The van der Waals surface area contributed by atoms with E-state index in [1.807, 2.05) is 30.3 Å². The van der Waals surface area contributed by atoms with Gasteiger partial charge < -0.3 is 9.84 Å². The first-order chi connectivity index (χ1) is 7.27. The summed E-state index contributed by atoms with van der Waals surface area (Å²) in [4.78, 5) is 10.9. The molecule has 0 bridgehead atoms. The first-order valence-corrected chi connectivity index (χ1v) is 5.15. The molecular formula is C12H14O3. The predicted molar refractivity (Wildman–Crippen MR) is 55.4 cm³/mol. The summed E-state index contributed by atoms with van der Waals surface area (Å²) in [6.07, 6.45) is 1.34. The average molecular weight is 206 g/mol. The molecule has 1 aliphatic rings. The van der Waals surface area contributed by atoms with Crippen LogP contribution in [-0.4, -0.2) is 17.2 Å². The number of benzene rings is 1. The van der Waals surface area contributed by atoms with Gasteiger partial charge in [-0.2, -0.15) is 0 Å². The number of carbonyl (C=O) groups is 1. The maximum absolute atomic E-state index is 10.9. The van der Waals surface area contributed by atoms with Gasteiger partial charge in [-0.15, -0.1) is 0 Å². The van der Waals surface area contributed by atoms with Gasteiger partial charge in [-0.1, -0.05) is 30.3 Å². The second-order valence-corrected chi connectivity index (χ2v) is 3.89. The fraction of sp³-hybridized carbons (Fsp3) is 0.417. The standard InChI is InChI=1S/C12H14O3/c13-12(14)11(10-6-7-10)15-8-9-4-2-1-3-5-9/h1-5,10-11H,6-8H2,(H,13,14). The lowest BCUT2D eigenvalue weighted by Gasteiger charge is -2.12. The van der Waals surface area contributed by atoms with Gasteiger partial charge in [-0.3, -0.25) is 0 Å². The largest absolute Gasteiger partial charge is 0.479 e. The van der Waals surface area contributed by atoms with Gasteiger partial charge in [0.1, 0.15) is 0 Å². The fourth-order valence-corrected chi connectivity index (χ4v) is 1.57. The fourth-order valence-electron chi connectivity index (χ4n) is 1.57. The molecule has 0 spiro atoms. The summed E-state index contributed by atoms with van der Waals surface area (Å²) >= 11 is 0. The molecule has 1 N–H and O–H groups in total. The Morgan fingerprint density at radius 3 is 2.60 bits per heavy atom. The van der Waals surface area contributed by atoms with Crippen molar-refractivity contribution in [2.75, 3.05) is 0 Å². The van der Waals surface area contributed by atoms with E-state index in [1.54, 1.807) is 0 Å². The molecule has 1 aliphatic carbocycles. The third kappa shape index (κ3) is 2.80. The topological polar surface area (TPSA) is 46.5 Å². The smallest absolute Gasteiger partial charge is 0.333 e. The van der Waals surface area contributed by atoms with Crippen molar-refractivity contribution in [2.45, 2.75) is 25.6 Å². The summed E-state index contributed by atoms with van der Waals surface area (Å²) in [6.45, 7) is 0.383. The van der Waals surface area contributed by atoms with Crippen LogP contribution >= 0.6 is 0 Å². The zero-order chi connectivity index (χ0) is 10.7. The molecule has 0 aliphatic heterocycles. The summed E-state index contributed by atoms with van der Waals surface area (Å²) in [7, 11) is 0. The zero-order valence-corrected chi connectivity index (χ0v) is 8.43. The summed E-state index contributed by atoms with van der Waals surface area (Å²) in [5.41, 5.74) is 1.02. The lowest BCUT2D eigenvalue weighted by molar-refractivity contribution is -0.152. The molecule has 2 rings (SSSR count). The zero-order valence-electron chi connectivity index (χ0n) is 8.43. The summed E-state index contributed by atoms with van der Waals surface area (Å²) in [5, 5.41) is 8.94. The third-order valence-electron chi connectivity index (χ3n) is 2.57. The minimum absolute atomic E-state index is 0.228. The van der Waals surface area contributed by atoms with E-state index in [9.17, 15) is 4.79 Å². The number of hydrogen-bond donors (Lipinski definition) is 1. The van der Waals surface area contributed by atoms with Crippen molar-refractivity contribution in [3.05, 3.63) is 35.9 Å². The van der Waals surface area contributed by atoms with Crippen molar-refractivity contribution in [2.24, 2.45) is 5.92 Å². The van der Waals surface area contributed by atoms with Crippen molar-refractivity contribution in [1.29, 1.82) is 0 Å². The molecule has 1 fully saturated rings. The highest BCUT2D eigenvalue weighted by Crippen LogP contribution is 2.34. The van der Waals surface area contributed by atoms with E-state index < -0.39 is 12.1 Å². The predicted octanol–water partition coefficient (Wildman–Crippen LogP) is 2.07. The van der Waals surface area contributed by atoms with E-state index in [0.29, 0.717) is 6.61 Å². The minimum atomic E-state index is -0.839. The Labute approximate surface area is 88.7 Å². The van der Waals surface area contributed by atoms with Crippen LogP contribution in [0.25, 0.3) is 0 Å². The Morgan fingerprint density at radius 2 is 2.07 bits per heavy atom. The van der Waals surface area contributed by atoms with Crippen molar-refractivity contribution < 1.29 is 14.6 Å². The van der Waals surface area contributed by atoms with Gasteiger partial charge in [0.25, 0.3) is 0 Å². The summed E-state index contributed by atoms with van der Waals surface area (Å²) < 4.78 is 5.41. The van der Waals surface area contributed by atoms with E-state index in [2.05, 4.69) is 0 Å². The number of carboxylic acids is 1. The number of carboxylic acid groups (broad SMARTS) is 1. The number of ether oxygens (including phenoxy) is 1. The van der Waals surface area contributed by atoms with Crippen molar-refractivity contribution in [3.8, 4) is 0 Å². The van der Waals surface area contributed by atoms with Crippen LogP contribution in [0.3, 0.4) is 0 Å². The maximum atomic E-state index is 10.9. The normalized spacial score (nSPS) is 17.3. The van der Waals surface area contributed by atoms with Crippen LogP contribution in [0.1, 0.15) is 18.4 Å². The lowest BCUT2D eigenvalue weighted by atomic mass is 10.2. The number of rotatable bonds is 5. The van der Waals surface area contributed by atoms with Crippen LogP contribution < -0.4 is 0 Å². The Balaban J connectivity index is 1.88. The molecule has 0 radical (unpaired) electrons. The molecule has 3 heteroatoms. The Hall–Kier alpha value is -1.35. The summed E-state index contributed by atoms with van der Waals surface area (Å²) in [5.74, 6) is -0.611. The molecule has 1 unspecified atom stereocenters. The first kappa shape index (κ1) is 10.2. The van der Waals surface area contributed by atoms with Crippen LogP contribution in [0, 0.1) is 5.92 Å². The van der Waals surface area contributed by atoms with Crippen molar-refractivity contribution in [3.63, 3.8) is 0 Å². The molecule has 1 aromatic carbocycles. The highest BCUT2D eigenvalue weighted by molar-refractivity contribution is 5.73. The van der Waals surface area contributed by atoms with Gasteiger partial charge >= 0.3 is 5.97 Å². The van der Waals surface area contributed by atoms with E-state index in [1.165, 1.54) is 0 Å². The van der Waals surface area contributed by atoms with E-state index in [0.717, 1.165) is 18.4 Å². The van der Waals surface area contributed by atoms with E-state index >= 15 is 0 Å². The van der Waals surface area contributed by atoms with Crippen LogP contribution in [0.4, 0.5) is 0 Å². The van der Waals surface area contributed by atoms with Gasteiger partial charge in [-0.05, 0) is 24.3 Å². The van der Waals surface area contributed by atoms with Crippen LogP contribution in [0.15, 0.2) is 30.3 Å². The van der Waals surface area contributed by atoms with E-state index in [4.69, 9.17) is 9.84 Å². The Bertz CT molecular complexity index is 330. The lowest BCUT2D eigenvalue weighted by Crippen LogP contribution is -2.25. The van der Waals surface area contributed by atoms with Gasteiger partial charge in [0, 0.05) is 0 Å². The van der Waals surface area contributed by atoms with Crippen molar-refractivity contribution >= 4 is 5.97 Å². The van der Waals surface area contributed by atoms with Crippen LogP contribution in [-0.2, 0) is 16.1 Å². The molecule has 1 saturated carbocycles. The van der Waals surface area contributed by atoms with E-state index in [-0.39, 0.29) is 5.92 Å². The highest BCUT2D eigenvalue weighted by atomic mass is 16.5. The van der Waals surface area contributed by atoms with Crippen LogP contribution in [0.2, 0.25) is 0 Å². The second-order valence-electron chi connectivity index (χ2n) is 3.89. The minimum Gasteiger partial charge on any atom is -0.479 e. The maximum Gasteiger partial charge on any atom is 0.333 e. The molecular weight excluding hydrogens is 192 g/mol. The van der Waals surface area contributed by atoms with Gasteiger partial charge in [0.05, 0.1) is 6.61 Å². The van der Waals surface area contributed by atoms with Crippen molar-refractivity contribution in [1.82, 2.24) is 0 Å². The molecule has 0 aromatic heterocycles. The second kappa shape index (κ2) is 4.45. The monoisotopic (exact) mass is 206 g/mol. The molecule has 3 nitrogen and oxygen atoms in total. The number of aliphatic carboxylic acids is 1. The van der Waals surface area contributed by atoms with Gasteiger partial charge in [0.15, 0.2) is 6.10 Å². The molecule has 80 valence electrons. The third-order valence-corrected chi connectivity index (χ3v) is 2.57.